The van der Waals surface area contributed by atoms with E-state index in [-0.39, 0.29) is 11.5 Å². The Morgan fingerprint density at radius 2 is 2.00 bits per heavy atom. The molecule has 0 saturated carbocycles. The zero-order valence-electron chi connectivity index (χ0n) is 7.87. The van der Waals surface area contributed by atoms with Crippen LogP contribution in [0.4, 0.5) is 0 Å². The van der Waals surface area contributed by atoms with E-state index in [0.717, 1.165) is 0 Å². The summed E-state index contributed by atoms with van der Waals surface area (Å²) in [5, 5.41) is 0. The van der Waals surface area contributed by atoms with Gasteiger partial charge >= 0.3 is 7.60 Å². The van der Waals surface area contributed by atoms with Gasteiger partial charge in [0.2, 0.25) is 0 Å². The van der Waals surface area contributed by atoms with Crippen LogP contribution >= 0.6 is 19.2 Å². The molecule has 0 aromatic rings. The summed E-state index contributed by atoms with van der Waals surface area (Å²) in [6.07, 6.45) is 0. The van der Waals surface area contributed by atoms with Crippen LogP contribution in [-0.2, 0) is 9.09 Å². The minimum atomic E-state index is -3.58. The van der Waals surface area contributed by atoms with Gasteiger partial charge in [0.1, 0.15) is 5.62 Å². The SMILES string of the molecule is CC(C)C(C)(C)OP(=O)(O)CCl. The molecule has 0 rings (SSSR count). The smallest absolute Gasteiger partial charge is 0.323 e. The molecule has 0 radical (unpaired) electrons. The fourth-order valence-electron chi connectivity index (χ4n) is 0.497. The number of halogens is 1. The van der Waals surface area contributed by atoms with Crippen molar-refractivity contribution in [1.29, 1.82) is 0 Å². The molecule has 12 heavy (non-hydrogen) atoms. The highest BCUT2D eigenvalue weighted by Gasteiger charge is 2.32. The van der Waals surface area contributed by atoms with Crippen molar-refractivity contribution in [2.24, 2.45) is 5.92 Å². The molecule has 0 amide bonds. The van der Waals surface area contributed by atoms with E-state index in [1.54, 1.807) is 13.8 Å². The fraction of sp³-hybridized carbons (Fsp3) is 1.00. The number of alkyl halides is 1. The van der Waals surface area contributed by atoms with E-state index < -0.39 is 13.2 Å². The second-order valence-electron chi connectivity index (χ2n) is 3.61. The van der Waals surface area contributed by atoms with Crippen molar-refractivity contribution in [3.05, 3.63) is 0 Å². The second-order valence-corrected chi connectivity index (χ2v) is 6.02. The lowest BCUT2D eigenvalue weighted by molar-refractivity contribution is 0.0488. The molecule has 3 nitrogen and oxygen atoms in total. The van der Waals surface area contributed by atoms with Crippen LogP contribution in [0.2, 0.25) is 0 Å². The van der Waals surface area contributed by atoms with Gasteiger partial charge in [0.25, 0.3) is 0 Å². The highest BCUT2D eigenvalue weighted by atomic mass is 35.5. The van der Waals surface area contributed by atoms with E-state index in [1.165, 1.54) is 0 Å². The summed E-state index contributed by atoms with van der Waals surface area (Å²) in [5.41, 5.74) is -0.970. The standard InChI is InChI=1S/C7H16ClO3P/c1-6(2)7(3,4)11-12(9,10)5-8/h6H,5H2,1-4H3,(H,9,10). The van der Waals surface area contributed by atoms with Crippen molar-refractivity contribution >= 4 is 19.2 Å². The predicted molar refractivity (Wildman–Crippen MR) is 50.5 cm³/mol. The summed E-state index contributed by atoms with van der Waals surface area (Å²) in [6, 6.07) is 0. The zero-order valence-corrected chi connectivity index (χ0v) is 9.52. The Morgan fingerprint density at radius 1 is 1.58 bits per heavy atom. The lowest BCUT2D eigenvalue weighted by atomic mass is 9.95. The van der Waals surface area contributed by atoms with Gasteiger partial charge in [0, 0.05) is 0 Å². The maximum absolute atomic E-state index is 11.1. The number of hydrogen-bond acceptors (Lipinski definition) is 2. The van der Waals surface area contributed by atoms with Crippen LogP contribution in [0.1, 0.15) is 27.7 Å². The highest BCUT2D eigenvalue weighted by Crippen LogP contribution is 2.48. The Morgan fingerprint density at radius 3 is 2.25 bits per heavy atom. The molecular formula is C7H16ClO3P. The molecule has 0 aromatic heterocycles. The zero-order chi connectivity index (χ0) is 9.99. The van der Waals surface area contributed by atoms with E-state index in [4.69, 9.17) is 21.0 Å². The maximum Gasteiger partial charge on any atom is 0.343 e. The van der Waals surface area contributed by atoms with Crippen LogP contribution in [0.25, 0.3) is 0 Å². The minimum Gasteiger partial charge on any atom is -0.323 e. The van der Waals surface area contributed by atoms with Crippen molar-refractivity contribution in [1.82, 2.24) is 0 Å². The van der Waals surface area contributed by atoms with Crippen molar-refractivity contribution < 1.29 is 14.0 Å². The molecule has 1 atom stereocenters. The van der Waals surface area contributed by atoms with Crippen molar-refractivity contribution in [3.63, 3.8) is 0 Å². The third kappa shape index (κ3) is 3.90. The van der Waals surface area contributed by atoms with Gasteiger partial charge in [-0.2, -0.15) is 0 Å². The van der Waals surface area contributed by atoms with E-state index in [9.17, 15) is 4.57 Å². The molecule has 0 aliphatic rings. The first-order valence-electron chi connectivity index (χ1n) is 3.80. The molecular weight excluding hydrogens is 199 g/mol. The molecule has 0 spiro atoms. The van der Waals surface area contributed by atoms with Crippen LogP contribution < -0.4 is 0 Å². The second kappa shape index (κ2) is 4.10. The van der Waals surface area contributed by atoms with Crippen LogP contribution in [-0.4, -0.2) is 16.1 Å². The number of hydrogen-bond donors (Lipinski definition) is 1. The summed E-state index contributed by atoms with van der Waals surface area (Å²) in [6.45, 7) is 7.39. The Kier molecular flexibility index (Phi) is 4.25. The van der Waals surface area contributed by atoms with Gasteiger partial charge in [0.05, 0.1) is 5.60 Å². The summed E-state index contributed by atoms with van der Waals surface area (Å²) >= 11 is 5.27. The van der Waals surface area contributed by atoms with Gasteiger partial charge in [-0.3, -0.25) is 4.57 Å². The minimum absolute atomic E-state index is 0.168. The van der Waals surface area contributed by atoms with E-state index >= 15 is 0 Å². The molecule has 1 unspecified atom stereocenters. The highest BCUT2D eigenvalue weighted by molar-refractivity contribution is 7.54. The van der Waals surface area contributed by atoms with E-state index in [0.29, 0.717) is 0 Å². The predicted octanol–water partition coefficient (Wildman–Crippen LogP) is 2.82. The van der Waals surface area contributed by atoms with Crippen molar-refractivity contribution in [2.45, 2.75) is 33.3 Å². The monoisotopic (exact) mass is 214 g/mol. The summed E-state index contributed by atoms with van der Waals surface area (Å²) in [4.78, 5) is 9.11. The van der Waals surface area contributed by atoms with Crippen molar-refractivity contribution in [3.8, 4) is 0 Å². The fourth-order valence-corrected chi connectivity index (χ4v) is 1.64. The third-order valence-corrected chi connectivity index (χ3v) is 3.88. The maximum atomic E-state index is 11.1. The van der Waals surface area contributed by atoms with E-state index in [1.807, 2.05) is 13.8 Å². The van der Waals surface area contributed by atoms with Crippen LogP contribution in [0, 0.1) is 5.92 Å². The molecule has 0 aromatic carbocycles. The molecule has 0 bridgehead atoms. The first kappa shape index (κ1) is 12.4. The average molecular weight is 215 g/mol. The summed E-state index contributed by atoms with van der Waals surface area (Å²) < 4.78 is 16.1. The van der Waals surface area contributed by atoms with Gasteiger partial charge in [-0.15, -0.1) is 11.6 Å². The largest absolute Gasteiger partial charge is 0.343 e. The lowest BCUT2D eigenvalue weighted by Crippen LogP contribution is -2.29. The Balaban J connectivity index is 4.34. The Hall–Kier alpha value is 0.440. The summed E-state index contributed by atoms with van der Waals surface area (Å²) in [7, 11) is -3.58. The normalized spacial score (nSPS) is 17.9. The molecule has 0 aliphatic heterocycles. The molecule has 1 N–H and O–H groups in total. The average Bonchev–Trinajstić information content (AvgIpc) is 1.85. The lowest BCUT2D eigenvalue weighted by Gasteiger charge is -2.30. The van der Waals surface area contributed by atoms with Crippen LogP contribution in [0.3, 0.4) is 0 Å². The van der Waals surface area contributed by atoms with Gasteiger partial charge < -0.3 is 9.42 Å². The molecule has 0 fully saturated rings. The molecule has 74 valence electrons. The third-order valence-electron chi connectivity index (χ3n) is 1.92. The first-order chi connectivity index (χ1) is 5.21. The molecule has 0 saturated heterocycles. The molecule has 5 heteroatoms. The Labute approximate surface area is 78.6 Å². The van der Waals surface area contributed by atoms with Crippen LogP contribution in [0.15, 0.2) is 0 Å². The van der Waals surface area contributed by atoms with Crippen molar-refractivity contribution in [2.75, 3.05) is 5.62 Å². The van der Waals surface area contributed by atoms with Gasteiger partial charge in [-0.25, -0.2) is 0 Å². The molecule has 0 aliphatic carbocycles. The van der Waals surface area contributed by atoms with Gasteiger partial charge in [0.15, 0.2) is 0 Å². The van der Waals surface area contributed by atoms with E-state index in [2.05, 4.69) is 0 Å². The topological polar surface area (TPSA) is 46.5 Å². The quantitative estimate of drug-likeness (QED) is 0.578. The number of rotatable bonds is 4. The van der Waals surface area contributed by atoms with Crippen LogP contribution in [0.5, 0.6) is 0 Å². The van der Waals surface area contributed by atoms with Gasteiger partial charge in [-0.05, 0) is 19.8 Å². The summed E-state index contributed by atoms with van der Waals surface area (Å²) in [5.74, 6) is 0.168. The van der Waals surface area contributed by atoms with Gasteiger partial charge in [-0.1, -0.05) is 13.8 Å². The first-order valence-corrected chi connectivity index (χ1v) is 6.09. The Bertz CT molecular complexity index is 191. The molecule has 0 heterocycles.